The highest BCUT2D eigenvalue weighted by atomic mass is 32.2. The van der Waals surface area contributed by atoms with Crippen LogP contribution in [0, 0.1) is 5.82 Å². The van der Waals surface area contributed by atoms with Crippen LogP contribution in [0.2, 0.25) is 0 Å². The molecule has 6 nitrogen and oxygen atoms in total. The minimum atomic E-state index is -4.33. The summed E-state index contributed by atoms with van der Waals surface area (Å²) in [5.41, 5.74) is -1.24. The molecule has 0 radical (unpaired) electrons. The van der Waals surface area contributed by atoms with E-state index >= 15 is 0 Å². The quantitative estimate of drug-likeness (QED) is 0.768. The van der Waals surface area contributed by atoms with Gasteiger partial charge in [-0.1, -0.05) is 0 Å². The Kier molecular flexibility index (Phi) is 4.84. The Hall–Kier alpha value is -1.03. The molecule has 1 rings (SSSR count). The first-order valence-electron chi connectivity index (χ1n) is 5.99. The molecule has 120 valence electrons. The van der Waals surface area contributed by atoms with E-state index in [1.54, 1.807) is 0 Å². The fourth-order valence-electron chi connectivity index (χ4n) is 1.41. The van der Waals surface area contributed by atoms with E-state index in [4.69, 9.17) is 0 Å². The van der Waals surface area contributed by atoms with Crippen molar-refractivity contribution in [3.05, 3.63) is 24.0 Å². The van der Waals surface area contributed by atoms with E-state index in [0.29, 0.717) is 0 Å². The van der Waals surface area contributed by atoms with Gasteiger partial charge in [-0.25, -0.2) is 25.9 Å². The number of rotatable bonds is 5. The summed E-state index contributed by atoms with van der Waals surface area (Å²) in [6.07, 6.45) is -0.141. The van der Waals surface area contributed by atoms with Gasteiger partial charge in [0.1, 0.15) is 10.7 Å². The van der Waals surface area contributed by atoms with E-state index in [9.17, 15) is 26.3 Å². The van der Waals surface area contributed by atoms with E-state index in [2.05, 4.69) is 4.72 Å². The number of aliphatic hydroxyl groups excluding tert-OH is 1. The van der Waals surface area contributed by atoms with Crippen LogP contribution in [0.1, 0.15) is 20.8 Å². The Morgan fingerprint density at radius 2 is 1.76 bits per heavy atom. The van der Waals surface area contributed by atoms with Crippen LogP contribution in [0.3, 0.4) is 0 Å². The van der Waals surface area contributed by atoms with Crippen molar-refractivity contribution in [1.82, 2.24) is 4.72 Å². The van der Waals surface area contributed by atoms with E-state index in [1.807, 2.05) is 0 Å². The molecular formula is C12H18FNO5S2. The van der Waals surface area contributed by atoms with Crippen molar-refractivity contribution in [1.29, 1.82) is 0 Å². The zero-order valence-electron chi connectivity index (χ0n) is 12.1. The third-order valence-electron chi connectivity index (χ3n) is 3.06. The molecule has 0 heterocycles. The molecule has 0 aliphatic rings. The molecule has 1 aromatic carbocycles. The van der Waals surface area contributed by atoms with Crippen molar-refractivity contribution < 1.29 is 26.3 Å². The van der Waals surface area contributed by atoms with Crippen LogP contribution in [0.5, 0.6) is 0 Å². The molecule has 21 heavy (non-hydrogen) atoms. The lowest BCUT2D eigenvalue weighted by Crippen LogP contribution is -2.50. The number of halogens is 1. The van der Waals surface area contributed by atoms with Crippen molar-refractivity contribution in [2.75, 3.05) is 6.26 Å². The molecular weight excluding hydrogens is 321 g/mol. The van der Waals surface area contributed by atoms with Gasteiger partial charge in [-0.3, -0.25) is 0 Å². The molecule has 9 heteroatoms. The second kappa shape index (κ2) is 5.64. The largest absolute Gasteiger partial charge is 0.391 e. The van der Waals surface area contributed by atoms with Gasteiger partial charge < -0.3 is 5.11 Å². The zero-order chi connectivity index (χ0) is 16.6. The fraction of sp³-hybridized carbons (Fsp3) is 0.500. The number of nitrogens with one attached hydrogen (secondary N) is 1. The Bertz CT molecular complexity index is 739. The van der Waals surface area contributed by atoms with E-state index in [-0.39, 0.29) is 4.90 Å². The predicted octanol–water partition coefficient (Wildman–Crippen LogP) is 0.667. The molecule has 0 aliphatic heterocycles. The van der Waals surface area contributed by atoms with Gasteiger partial charge in [-0.05, 0) is 39.0 Å². The minimum Gasteiger partial charge on any atom is -0.391 e. The third kappa shape index (κ3) is 4.22. The van der Waals surface area contributed by atoms with Crippen LogP contribution in [-0.4, -0.2) is 39.8 Å². The maximum absolute atomic E-state index is 13.8. The Morgan fingerprint density at radius 3 is 2.19 bits per heavy atom. The fourth-order valence-corrected chi connectivity index (χ4v) is 3.71. The molecule has 0 amide bonds. The van der Waals surface area contributed by atoms with Crippen LogP contribution < -0.4 is 4.72 Å². The first kappa shape index (κ1) is 18.0. The maximum atomic E-state index is 13.8. The summed E-state index contributed by atoms with van der Waals surface area (Å²) in [4.78, 5) is -1.08. The number of aliphatic hydroxyl groups is 1. The van der Waals surface area contributed by atoms with Crippen LogP contribution >= 0.6 is 0 Å². The summed E-state index contributed by atoms with van der Waals surface area (Å²) in [5.74, 6) is -1.07. The topological polar surface area (TPSA) is 101 Å². The minimum absolute atomic E-state index is 0.306. The van der Waals surface area contributed by atoms with Crippen molar-refractivity contribution in [2.45, 2.75) is 42.2 Å². The molecule has 1 unspecified atom stereocenters. The number of hydrogen-bond acceptors (Lipinski definition) is 5. The van der Waals surface area contributed by atoms with Crippen molar-refractivity contribution in [2.24, 2.45) is 0 Å². The second-order valence-electron chi connectivity index (χ2n) is 5.37. The highest BCUT2D eigenvalue weighted by Gasteiger charge is 2.32. The Morgan fingerprint density at radius 1 is 1.24 bits per heavy atom. The van der Waals surface area contributed by atoms with Gasteiger partial charge in [0, 0.05) is 6.26 Å². The summed E-state index contributed by atoms with van der Waals surface area (Å²) in [6.45, 7) is 4.23. The molecule has 0 aliphatic carbocycles. The molecule has 0 saturated carbocycles. The molecule has 1 aromatic rings. The van der Waals surface area contributed by atoms with Gasteiger partial charge in [-0.15, -0.1) is 0 Å². The lowest BCUT2D eigenvalue weighted by molar-refractivity contribution is 0.111. The van der Waals surface area contributed by atoms with Gasteiger partial charge in [-0.2, -0.15) is 0 Å². The van der Waals surface area contributed by atoms with Gasteiger partial charge >= 0.3 is 0 Å². The van der Waals surface area contributed by atoms with Gasteiger partial charge in [0.25, 0.3) is 0 Å². The standard InChI is InChI=1S/C12H18FNO5S2/c1-8(15)12(2,3)14-21(18,19)11-7-9(20(4,16)17)5-6-10(11)13/h5-8,14-15H,1-4H3. The first-order valence-corrected chi connectivity index (χ1v) is 9.36. The zero-order valence-corrected chi connectivity index (χ0v) is 13.7. The summed E-state index contributed by atoms with van der Waals surface area (Å²) < 4.78 is 63.2. The summed E-state index contributed by atoms with van der Waals surface area (Å²) in [5, 5.41) is 9.53. The van der Waals surface area contributed by atoms with Gasteiger partial charge in [0.2, 0.25) is 10.0 Å². The number of sulfone groups is 1. The molecule has 2 N–H and O–H groups in total. The molecule has 0 spiro atoms. The Balaban J connectivity index is 3.39. The number of sulfonamides is 1. The van der Waals surface area contributed by atoms with Crippen molar-refractivity contribution >= 4 is 19.9 Å². The average molecular weight is 339 g/mol. The first-order chi connectivity index (χ1) is 9.27. The van der Waals surface area contributed by atoms with E-state index in [1.165, 1.54) is 20.8 Å². The molecule has 0 aromatic heterocycles. The monoisotopic (exact) mass is 339 g/mol. The number of benzene rings is 1. The van der Waals surface area contributed by atoms with Crippen LogP contribution in [-0.2, 0) is 19.9 Å². The van der Waals surface area contributed by atoms with E-state index in [0.717, 1.165) is 24.5 Å². The normalized spacial score (nSPS) is 15.0. The Labute approximate surface area is 124 Å². The second-order valence-corrected chi connectivity index (χ2v) is 9.03. The smallest absolute Gasteiger partial charge is 0.244 e. The molecule has 0 saturated heterocycles. The summed E-state index contributed by atoms with van der Waals surface area (Å²) >= 11 is 0. The van der Waals surface area contributed by atoms with Gasteiger partial charge in [0.15, 0.2) is 9.84 Å². The van der Waals surface area contributed by atoms with Crippen molar-refractivity contribution in [3.63, 3.8) is 0 Å². The summed E-state index contributed by atoms with van der Waals surface area (Å²) in [6, 6.07) is 2.52. The average Bonchev–Trinajstić information content (AvgIpc) is 2.25. The van der Waals surface area contributed by atoms with E-state index < -0.39 is 42.2 Å². The SMILES string of the molecule is CC(O)C(C)(C)NS(=O)(=O)c1cc(S(C)(=O)=O)ccc1F. The third-order valence-corrected chi connectivity index (χ3v) is 5.86. The molecule has 0 bridgehead atoms. The number of hydrogen-bond donors (Lipinski definition) is 2. The maximum Gasteiger partial charge on any atom is 0.244 e. The van der Waals surface area contributed by atoms with Crippen LogP contribution in [0.15, 0.2) is 28.0 Å². The molecule has 0 fully saturated rings. The lowest BCUT2D eigenvalue weighted by Gasteiger charge is -2.29. The highest BCUT2D eigenvalue weighted by Crippen LogP contribution is 2.22. The van der Waals surface area contributed by atoms with Crippen LogP contribution in [0.4, 0.5) is 4.39 Å². The predicted molar refractivity (Wildman–Crippen MR) is 75.6 cm³/mol. The lowest BCUT2D eigenvalue weighted by atomic mass is 10.0. The summed E-state index contributed by atoms with van der Waals surface area (Å²) in [7, 11) is -8.00. The van der Waals surface area contributed by atoms with Gasteiger partial charge in [0.05, 0.1) is 16.5 Å². The highest BCUT2D eigenvalue weighted by molar-refractivity contribution is 7.91. The van der Waals surface area contributed by atoms with Crippen molar-refractivity contribution in [3.8, 4) is 0 Å². The molecule has 1 atom stereocenters. The van der Waals surface area contributed by atoms with Crippen LogP contribution in [0.25, 0.3) is 0 Å².